The SMILES string of the molecule is CCOc1cc(-c2ccccc2)sc1C(=O)NCc1nc(-c2ccncc2)cs1. The highest BCUT2D eigenvalue weighted by Gasteiger charge is 2.18. The van der Waals surface area contributed by atoms with Crippen molar-refractivity contribution in [3.63, 3.8) is 0 Å². The number of pyridine rings is 1. The van der Waals surface area contributed by atoms with Gasteiger partial charge in [-0.15, -0.1) is 22.7 Å². The molecule has 5 nitrogen and oxygen atoms in total. The summed E-state index contributed by atoms with van der Waals surface area (Å²) in [6.07, 6.45) is 3.49. The van der Waals surface area contributed by atoms with E-state index in [0.29, 0.717) is 23.8 Å². The van der Waals surface area contributed by atoms with Crippen LogP contribution in [-0.4, -0.2) is 22.5 Å². The highest BCUT2D eigenvalue weighted by Crippen LogP contribution is 2.36. The van der Waals surface area contributed by atoms with Gasteiger partial charge in [-0.3, -0.25) is 9.78 Å². The zero-order valence-electron chi connectivity index (χ0n) is 15.8. The summed E-state index contributed by atoms with van der Waals surface area (Å²) in [4.78, 5) is 23.0. The van der Waals surface area contributed by atoms with E-state index in [0.717, 1.165) is 26.7 Å². The van der Waals surface area contributed by atoms with Gasteiger partial charge >= 0.3 is 0 Å². The molecule has 0 aliphatic carbocycles. The van der Waals surface area contributed by atoms with E-state index in [4.69, 9.17) is 4.74 Å². The topological polar surface area (TPSA) is 64.1 Å². The van der Waals surface area contributed by atoms with Crippen LogP contribution in [0.5, 0.6) is 5.75 Å². The highest BCUT2D eigenvalue weighted by molar-refractivity contribution is 7.17. The van der Waals surface area contributed by atoms with Gasteiger partial charge in [-0.05, 0) is 30.7 Å². The average Bonchev–Trinajstić information content (AvgIpc) is 3.41. The molecule has 3 aromatic heterocycles. The van der Waals surface area contributed by atoms with E-state index in [1.54, 1.807) is 12.4 Å². The minimum atomic E-state index is -0.152. The standard InChI is InChI=1S/C22H19N3O2S2/c1-2-27-18-12-19(16-6-4-3-5-7-16)29-21(18)22(26)24-13-20-25-17(14-28-20)15-8-10-23-11-9-15/h3-12,14H,2,13H2,1H3,(H,24,26). The van der Waals surface area contributed by atoms with Crippen LogP contribution >= 0.6 is 22.7 Å². The fraction of sp³-hybridized carbons (Fsp3) is 0.136. The second-order valence-electron chi connectivity index (χ2n) is 6.15. The number of hydrogen-bond donors (Lipinski definition) is 1. The van der Waals surface area contributed by atoms with Gasteiger partial charge in [0, 0.05) is 28.2 Å². The molecule has 1 aromatic carbocycles. The smallest absolute Gasteiger partial charge is 0.265 e. The Morgan fingerprint density at radius 1 is 1.10 bits per heavy atom. The van der Waals surface area contributed by atoms with Crippen LogP contribution in [0.4, 0.5) is 0 Å². The van der Waals surface area contributed by atoms with Crippen molar-refractivity contribution in [1.82, 2.24) is 15.3 Å². The lowest BCUT2D eigenvalue weighted by Crippen LogP contribution is -2.22. The molecule has 0 bridgehead atoms. The maximum Gasteiger partial charge on any atom is 0.265 e. The summed E-state index contributed by atoms with van der Waals surface area (Å²) in [5.41, 5.74) is 2.97. The van der Waals surface area contributed by atoms with Crippen LogP contribution in [-0.2, 0) is 6.54 Å². The Kier molecular flexibility index (Phi) is 5.97. The zero-order valence-corrected chi connectivity index (χ0v) is 17.4. The first-order valence-electron chi connectivity index (χ1n) is 9.19. The number of ether oxygens (including phenoxy) is 1. The van der Waals surface area contributed by atoms with Gasteiger partial charge in [0.15, 0.2) is 0 Å². The van der Waals surface area contributed by atoms with Crippen LogP contribution in [0.25, 0.3) is 21.7 Å². The lowest BCUT2D eigenvalue weighted by atomic mass is 10.2. The van der Waals surface area contributed by atoms with Crippen molar-refractivity contribution in [3.8, 4) is 27.4 Å². The quantitative estimate of drug-likeness (QED) is 0.442. The van der Waals surface area contributed by atoms with Gasteiger partial charge in [-0.25, -0.2) is 4.98 Å². The van der Waals surface area contributed by atoms with Gasteiger partial charge in [-0.2, -0.15) is 0 Å². The molecular formula is C22H19N3O2S2. The Bertz CT molecular complexity index is 1090. The third-order valence-electron chi connectivity index (χ3n) is 4.19. The lowest BCUT2D eigenvalue weighted by molar-refractivity contribution is 0.0951. The summed E-state index contributed by atoms with van der Waals surface area (Å²) in [7, 11) is 0. The highest BCUT2D eigenvalue weighted by atomic mass is 32.1. The molecule has 3 heterocycles. The van der Waals surface area contributed by atoms with Crippen molar-refractivity contribution in [2.45, 2.75) is 13.5 Å². The molecule has 1 amide bonds. The molecule has 0 aliphatic rings. The molecule has 4 rings (SSSR count). The van der Waals surface area contributed by atoms with E-state index in [-0.39, 0.29) is 5.91 Å². The number of benzene rings is 1. The Balaban J connectivity index is 1.48. The number of carbonyl (C=O) groups is 1. The summed E-state index contributed by atoms with van der Waals surface area (Å²) >= 11 is 2.96. The summed E-state index contributed by atoms with van der Waals surface area (Å²) in [5, 5.41) is 5.81. The summed E-state index contributed by atoms with van der Waals surface area (Å²) in [6, 6.07) is 15.8. The predicted octanol–water partition coefficient (Wildman–Crippen LogP) is 5.26. The van der Waals surface area contributed by atoms with Crippen LogP contribution in [0.2, 0.25) is 0 Å². The molecule has 7 heteroatoms. The maximum absolute atomic E-state index is 12.8. The largest absolute Gasteiger partial charge is 0.492 e. The van der Waals surface area contributed by atoms with Crippen molar-refractivity contribution >= 4 is 28.6 Å². The Morgan fingerprint density at radius 2 is 1.90 bits per heavy atom. The predicted molar refractivity (Wildman–Crippen MR) is 117 cm³/mol. The number of rotatable bonds is 7. The van der Waals surface area contributed by atoms with E-state index in [9.17, 15) is 4.79 Å². The number of nitrogens with zero attached hydrogens (tertiary/aromatic N) is 2. The molecule has 146 valence electrons. The molecule has 0 saturated carbocycles. The molecule has 0 unspecified atom stereocenters. The average molecular weight is 422 g/mol. The first kappa shape index (κ1) is 19.3. The first-order valence-corrected chi connectivity index (χ1v) is 10.9. The molecule has 0 spiro atoms. The molecular weight excluding hydrogens is 402 g/mol. The van der Waals surface area contributed by atoms with Crippen LogP contribution in [0.3, 0.4) is 0 Å². The minimum Gasteiger partial charge on any atom is -0.492 e. The first-order chi connectivity index (χ1) is 14.2. The van der Waals surface area contributed by atoms with Crippen LogP contribution in [0.1, 0.15) is 21.6 Å². The molecule has 1 N–H and O–H groups in total. The number of nitrogens with one attached hydrogen (secondary N) is 1. The second-order valence-corrected chi connectivity index (χ2v) is 8.14. The number of carbonyl (C=O) groups excluding carboxylic acids is 1. The van der Waals surface area contributed by atoms with Crippen molar-refractivity contribution in [2.75, 3.05) is 6.61 Å². The molecule has 0 fully saturated rings. The number of aromatic nitrogens is 2. The van der Waals surface area contributed by atoms with E-state index >= 15 is 0 Å². The fourth-order valence-corrected chi connectivity index (χ4v) is 4.59. The van der Waals surface area contributed by atoms with Gasteiger partial charge in [0.25, 0.3) is 5.91 Å². The Hall–Kier alpha value is -3.03. The maximum atomic E-state index is 12.8. The number of thiophene rings is 1. The Labute approximate surface area is 177 Å². The minimum absolute atomic E-state index is 0.152. The number of hydrogen-bond acceptors (Lipinski definition) is 6. The summed E-state index contributed by atoms with van der Waals surface area (Å²) in [5.74, 6) is 0.465. The van der Waals surface area contributed by atoms with Gasteiger partial charge in [0.05, 0.1) is 18.8 Å². The molecule has 0 atom stereocenters. The van der Waals surface area contributed by atoms with Crippen LogP contribution in [0.15, 0.2) is 66.3 Å². The molecule has 0 saturated heterocycles. The van der Waals surface area contributed by atoms with Gasteiger partial charge in [0.2, 0.25) is 0 Å². The molecule has 4 aromatic rings. The number of thiazole rings is 1. The summed E-state index contributed by atoms with van der Waals surface area (Å²) in [6.45, 7) is 2.80. The fourth-order valence-electron chi connectivity index (χ4n) is 2.82. The van der Waals surface area contributed by atoms with Crippen LogP contribution < -0.4 is 10.1 Å². The van der Waals surface area contributed by atoms with Gasteiger partial charge in [-0.1, -0.05) is 30.3 Å². The third kappa shape index (κ3) is 4.52. The van der Waals surface area contributed by atoms with Crippen LogP contribution in [0, 0.1) is 0 Å². The van der Waals surface area contributed by atoms with E-state index in [1.165, 1.54) is 22.7 Å². The molecule has 29 heavy (non-hydrogen) atoms. The Morgan fingerprint density at radius 3 is 2.66 bits per heavy atom. The van der Waals surface area contributed by atoms with E-state index in [1.807, 2.05) is 60.8 Å². The third-order valence-corrected chi connectivity index (χ3v) is 6.20. The monoisotopic (exact) mass is 421 g/mol. The van der Waals surface area contributed by atoms with Crippen molar-refractivity contribution in [2.24, 2.45) is 0 Å². The molecule has 0 aliphatic heterocycles. The molecule has 0 radical (unpaired) electrons. The normalized spacial score (nSPS) is 10.7. The van der Waals surface area contributed by atoms with Crippen molar-refractivity contribution < 1.29 is 9.53 Å². The second kappa shape index (κ2) is 8.98. The van der Waals surface area contributed by atoms with E-state index < -0.39 is 0 Å². The zero-order chi connectivity index (χ0) is 20.1. The van der Waals surface area contributed by atoms with Gasteiger partial charge < -0.3 is 10.1 Å². The van der Waals surface area contributed by atoms with Crippen molar-refractivity contribution in [1.29, 1.82) is 0 Å². The van der Waals surface area contributed by atoms with Gasteiger partial charge in [0.1, 0.15) is 15.6 Å². The van der Waals surface area contributed by atoms with Crippen molar-refractivity contribution in [3.05, 3.63) is 76.2 Å². The lowest BCUT2D eigenvalue weighted by Gasteiger charge is -2.05. The number of amides is 1. The van der Waals surface area contributed by atoms with E-state index in [2.05, 4.69) is 15.3 Å². The summed E-state index contributed by atoms with van der Waals surface area (Å²) < 4.78 is 5.70.